The van der Waals surface area contributed by atoms with Crippen LogP contribution in [0, 0.1) is 0 Å². The Morgan fingerprint density at radius 2 is 0.688 bits per heavy atom. The molecule has 0 bridgehead atoms. The molecule has 7 heteroatoms. The molecule has 0 aromatic carbocycles. The van der Waals surface area contributed by atoms with E-state index in [0.717, 1.165) is 0 Å². The van der Waals surface area contributed by atoms with E-state index in [4.69, 9.17) is 34.4 Å². The minimum atomic E-state index is -0.199. The van der Waals surface area contributed by atoms with E-state index in [0.29, 0.717) is 0 Å². The maximum Gasteiger partial charge on any atom is 2.00 e. The molecule has 0 aromatic heterocycles. The molecule has 0 amide bonds. The molecule has 0 fully saturated rings. The standard InChI is InChI=1S/3C3H8N2.Cd/c3*1-3(5)2-4;/h3*3-5H,2H2,1H3;/q3*-2;+2. The van der Waals surface area contributed by atoms with Crippen molar-refractivity contribution in [2.24, 2.45) is 0 Å². The van der Waals surface area contributed by atoms with Gasteiger partial charge in [-0.3, -0.25) is 0 Å². The van der Waals surface area contributed by atoms with Gasteiger partial charge in [0.15, 0.2) is 0 Å². The fourth-order valence-corrected chi connectivity index (χ4v) is 0. The van der Waals surface area contributed by atoms with E-state index >= 15 is 0 Å². The Bertz CT molecular complexity index is 81.0. The van der Waals surface area contributed by atoms with Crippen LogP contribution >= 0.6 is 0 Å². The first-order valence-corrected chi connectivity index (χ1v) is 4.88. The summed E-state index contributed by atoms with van der Waals surface area (Å²) in [5, 5.41) is 0. The van der Waals surface area contributed by atoms with Crippen LogP contribution in [-0.4, -0.2) is 37.8 Å². The molecule has 0 heterocycles. The third-order valence-corrected chi connectivity index (χ3v) is 0.919. The van der Waals surface area contributed by atoms with Gasteiger partial charge in [-0.25, -0.2) is 0 Å². The summed E-state index contributed by atoms with van der Waals surface area (Å²) in [7, 11) is 0. The molecule has 6 N–H and O–H groups in total. The monoisotopic (exact) mass is 330 g/mol. The van der Waals surface area contributed by atoms with E-state index in [9.17, 15) is 0 Å². The largest absolute Gasteiger partial charge is 2.00 e. The molecule has 3 unspecified atom stereocenters. The van der Waals surface area contributed by atoms with Crippen molar-refractivity contribution in [3.05, 3.63) is 34.4 Å². The minimum Gasteiger partial charge on any atom is -0.679 e. The second kappa shape index (κ2) is 21.0. The van der Waals surface area contributed by atoms with Gasteiger partial charge in [0.05, 0.1) is 0 Å². The molecule has 0 saturated heterocycles. The Morgan fingerprint density at radius 3 is 0.688 bits per heavy atom. The van der Waals surface area contributed by atoms with Crippen LogP contribution in [0.3, 0.4) is 0 Å². The van der Waals surface area contributed by atoms with Crippen molar-refractivity contribution >= 4 is 0 Å². The number of hydrogen-bond acceptors (Lipinski definition) is 0. The predicted molar refractivity (Wildman–Crippen MR) is 68.9 cm³/mol. The maximum absolute atomic E-state index is 6.64. The van der Waals surface area contributed by atoms with Crippen LogP contribution in [0.4, 0.5) is 0 Å². The average Bonchev–Trinajstić information content (AvgIpc) is 2.19. The summed E-state index contributed by atoms with van der Waals surface area (Å²) < 4.78 is 0. The van der Waals surface area contributed by atoms with Gasteiger partial charge in [-0.05, 0) is 0 Å². The van der Waals surface area contributed by atoms with Crippen molar-refractivity contribution in [2.45, 2.75) is 38.9 Å². The van der Waals surface area contributed by atoms with Crippen LogP contribution in [0.5, 0.6) is 0 Å². The fourth-order valence-electron chi connectivity index (χ4n) is 0. The smallest absolute Gasteiger partial charge is 0.679 e. The summed E-state index contributed by atoms with van der Waals surface area (Å²) in [5.41, 5.74) is 39.3. The van der Waals surface area contributed by atoms with Crippen molar-refractivity contribution < 1.29 is 27.3 Å². The molecular weight excluding hydrogens is 305 g/mol. The topological polar surface area (TPSA) is 143 Å². The summed E-state index contributed by atoms with van der Waals surface area (Å²) in [6.45, 7) is 5.77. The Hall–Kier alpha value is 0.682. The van der Waals surface area contributed by atoms with Gasteiger partial charge in [-0.1, -0.05) is 20.8 Å². The predicted octanol–water partition coefficient (Wildman–Crippen LogP) is 4.44. The fraction of sp³-hybridized carbons (Fsp3) is 1.00. The summed E-state index contributed by atoms with van der Waals surface area (Å²) in [4.78, 5) is 0. The summed E-state index contributed by atoms with van der Waals surface area (Å²) in [5.74, 6) is 0. The van der Waals surface area contributed by atoms with Gasteiger partial charge in [0.2, 0.25) is 0 Å². The molecule has 0 aliphatic rings. The molecule has 3 atom stereocenters. The molecule has 0 saturated carbocycles. The molecule has 96 valence electrons. The summed E-state index contributed by atoms with van der Waals surface area (Å²) >= 11 is 0. The van der Waals surface area contributed by atoms with Crippen molar-refractivity contribution in [1.82, 2.24) is 0 Å². The van der Waals surface area contributed by atoms with E-state index in [2.05, 4.69) is 0 Å². The minimum absolute atomic E-state index is 0. The van der Waals surface area contributed by atoms with E-state index in [1.807, 2.05) is 0 Å². The van der Waals surface area contributed by atoms with Gasteiger partial charge in [0.1, 0.15) is 0 Å². The first kappa shape index (κ1) is 25.5. The van der Waals surface area contributed by atoms with E-state index in [1.54, 1.807) is 20.8 Å². The first-order valence-electron chi connectivity index (χ1n) is 4.88. The molecule has 16 heavy (non-hydrogen) atoms. The molecule has 6 nitrogen and oxygen atoms in total. The van der Waals surface area contributed by atoms with Crippen molar-refractivity contribution in [2.75, 3.05) is 19.6 Å². The Morgan fingerprint density at radius 1 is 0.625 bits per heavy atom. The summed E-state index contributed by atoms with van der Waals surface area (Å²) in [6, 6.07) is -0.597. The third kappa shape index (κ3) is 61.6. The average molecular weight is 329 g/mol. The Labute approximate surface area is 120 Å². The Kier molecular flexibility index (Phi) is 33.5. The zero-order chi connectivity index (χ0) is 12.9. The van der Waals surface area contributed by atoms with Gasteiger partial charge >= 0.3 is 27.3 Å². The molecule has 0 spiro atoms. The molecule has 0 aliphatic carbocycles. The van der Waals surface area contributed by atoms with Gasteiger partial charge in [0.25, 0.3) is 0 Å². The van der Waals surface area contributed by atoms with Crippen LogP contribution in [0.2, 0.25) is 0 Å². The zero-order valence-corrected chi connectivity index (χ0v) is 14.6. The van der Waals surface area contributed by atoms with Crippen LogP contribution in [-0.2, 0) is 27.3 Å². The Balaban J connectivity index is -0.0000000655. The molecule has 0 aliphatic heterocycles. The summed E-state index contributed by atoms with van der Waals surface area (Å²) in [6.07, 6.45) is 0. The van der Waals surface area contributed by atoms with Crippen LogP contribution in [0.1, 0.15) is 20.8 Å². The van der Waals surface area contributed by atoms with Gasteiger partial charge in [-0.15, -0.1) is 0 Å². The van der Waals surface area contributed by atoms with Crippen LogP contribution < -0.4 is 0 Å². The first-order chi connectivity index (χ1) is 6.81. The van der Waals surface area contributed by atoms with Gasteiger partial charge < -0.3 is 34.4 Å². The van der Waals surface area contributed by atoms with Gasteiger partial charge in [-0.2, -0.15) is 37.8 Å². The second-order valence-electron chi connectivity index (χ2n) is 3.32. The normalized spacial score (nSPS) is 14.1. The molecule has 0 aromatic rings. The van der Waals surface area contributed by atoms with Gasteiger partial charge in [0, 0.05) is 0 Å². The van der Waals surface area contributed by atoms with Crippen molar-refractivity contribution in [1.29, 1.82) is 0 Å². The molecule has 0 rings (SSSR count). The number of rotatable bonds is 3. The molecular formula is C9H24CdN6-4. The number of hydrogen-bond donors (Lipinski definition) is 0. The van der Waals surface area contributed by atoms with E-state index in [1.165, 1.54) is 0 Å². The van der Waals surface area contributed by atoms with Crippen molar-refractivity contribution in [3.8, 4) is 0 Å². The van der Waals surface area contributed by atoms with E-state index < -0.39 is 0 Å². The zero-order valence-electron chi connectivity index (χ0n) is 10.6. The van der Waals surface area contributed by atoms with Crippen molar-refractivity contribution in [3.63, 3.8) is 0 Å². The van der Waals surface area contributed by atoms with E-state index in [-0.39, 0.29) is 65.1 Å². The number of nitrogens with one attached hydrogen (secondary N) is 6. The van der Waals surface area contributed by atoms with Crippen LogP contribution in [0.15, 0.2) is 0 Å². The third-order valence-electron chi connectivity index (χ3n) is 0.919. The SMILES string of the molecule is CC([NH-])C[NH-].CC([NH-])C[NH-].CC([NH-])C[NH-].[Cd+2]. The quantitative estimate of drug-likeness (QED) is 0.675. The maximum atomic E-state index is 6.64. The van der Waals surface area contributed by atoms with Crippen LogP contribution in [0.25, 0.3) is 34.4 Å². The second-order valence-corrected chi connectivity index (χ2v) is 3.32. The molecule has 0 radical (unpaired) electrons.